The Morgan fingerprint density at radius 1 is 1.07 bits per heavy atom. The summed E-state index contributed by atoms with van der Waals surface area (Å²) < 4.78 is 0. The van der Waals surface area contributed by atoms with Crippen molar-refractivity contribution in [2.45, 2.75) is 90.5 Å². The van der Waals surface area contributed by atoms with Gasteiger partial charge in [-0.3, -0.25) is 19.5 Å². The van der Waals surface area contributed by atoms with E-state index in [2.05, 4.69) is 67.1 Å². The minimum Gasteiger partial charge on any atom is -0.395 e. The van der Waals surface area contributed by atoms with Crippen LogP contribution < -0.4 is 5.56 Å². The van der Waals surface area contributed by atoms with Gasteiger partial charge in [-0.2, -0.15) is 0 Å². The Bertz CT molecular complexity index is 1560. The van der Waals surface area contributed by atoms with Crippen LogP contribution in [0.5, 0.6) is 0 Å². The molecule has 6 nitrogen and oxygen atoms in total. The number of hydrogen-bond donors (Lipinski definition) is 2. The minimum absolute atomic E-state index is 0.0757. The number of fused-ring (bicyclic) bond motifs is 2. The predicted molar refractivity (Wildman–Crippen MR) is 177 cm³/mol. The van der Waals surface area contributed by atoms with Crippen molar-refractivity contribution in [2.75, 3.05) is 19.7 Å². The highest BCUT2D eigenvalue weighted by Gasteiger charge is 2.31. The predicted octanol–water partition coefficient (Wildman–Crippen LogP) is 6.51. The molecule has 232 valence electrons. The van der Waals surface area contributed by atoms with Gasteiger partial charge in [0.05, 0.1) is 12.3 Å². The molecule has 44 heavy (non-hydrogen) atoms. The van der Waals surface area contributed by atoms with Gasteiger partial charge >= 0.3 is 0 Å². The van der Waals surface area contributed by atoms with Gasteiger partial charge in [0.2, 0.25) is 5.56 Å². The van der Waals surface area contributed by atoms with Crippen molar-refractivity contribution in [1.29, 1.82) is 0 Å². The van der Waals surface area contributed by atoms with Crippen LogP contribution in [-0.4, -0.2) is 51.5 Å². The summed E-state index contributed by atoms with van der Waals surface area (Å²) in [4.78, 5) is 35.7. The van der Waals surface area contributed by atoms with E-state index in [1.807, 2.05) is 6.07 Å². The summed E-state index contributed by atoms with van der Waals surface area (Å²) in [6.07, 6.45) is 12.4. The molecule has 2 aliphatic carbocycles. The second-order valence-corrected chi connectivity index (χ2v) is 14.3. The van der Waals surface area contributed by atoms with Crippen molar-refractivity contribution in [1.82, 2.24) is 14.9 Å². The average molecular weight is 594 g/mol. The number of aliphatic hydroxyl groups excluding tert-OH is 1. The van der Waals surface area contributed by atoms with Crippen molar-refractivity contribution in [3.05, 3.63) is 92.7 Å². The van der Waals surface area contributed by atoms with Crippen LogP contribution in [-0.2, 0) is 24.1 Å². The average Bonchev–Trinajstić information content (AvgIpc) is 3.45. The number of hydrogen-bond acceptors (Lipinski definition) is 5. The summed E-state index contributed by atoms with van der Waals surface area (Å²) in [6.45, 7) is 9.07. The number of aromatic amines is 1. The third-order valence-corrected chi connectivity index (χ3v) is 10.4. The van der Waals surface area contributed by atoms with Gasteiger partial charge in [-0.05, 0) is 115 Å². The molecular formula is C38H47N3O3. The van der Waals surface area contributed by atoms with E-state index in [9.17, 15) is 14.7 Å². The van der Waals surface area contributed by atoms with Crippen LogP contribution in [0.4, 0.5) is 0 Å². The van der Waals surface area contributed by atoms with Crippen LogP contribution in [0.3, 0.4) is 0 Å². The molecule has 6 rings (SSSR count). The molecule has 0 bridgehead atoms. The number of likely N-dealkylation sites (tertiary alicyclic amines) is 1. The second-order valence-electron chi connectivity index (χ2n) is 14.3. The number of aromatic nitrogens is 2. The molecule has 3 atom stereocenters. The van der Waals surface area contributed by atoms with E-state index in [1.165, 1.54) is 24.1 Å². The first kappa shape index (κ1) is 30.7. The Morgan fingerprint density at radius 2 is 1.86 bits per heavy atom. The highest BCUT2D eigenvalue weighted by atomic mass is 16.3. The number of nitrogens with zero attached hydrogens (tertiary/aromatic N) is 2. The third kappa shape index (κ3) is 6.82. The summed E-state index contributed by atoms with van der Waals surface area (Å²) in [5.41, 5.74) is 8.97. The fourth-order valence-electron chi connectivity index (χ4n) is 7.49. The minimum atomic E-state index is -0.115. The number of carbonyl (C=O) groups is 1. The van der Waals surface area contributed by atoms with Crippen LogP contribution in [0.1, 0.15) is 93.3 Å². The fraction of sp³-hybridized carbons (Fsp3) is 0.500. The summed E-state index contributed by atoms with van der Waals surface area (Å²) >= 11 is 0. The molecule has 1 saturated heterocycles. The smallest absolute Gasteiger partial charge is 0.247 e. The lowest BCUT2D eigenvalue weighted by atomic mass is 9.71. The van der Waals surface area contributed by atoms with Crippen molar-refractivity contribution in [2.24, 2.45) is 11.3 Å². The number of rotatable bonds is 9. The summed E-state index contributed by atoms with van der Waals surface area (Å²) in [6, 6.07) is 14.3. The lowest BCUT2D eigenvalue weighted by Gasteiger charge is -2.35. The number of aliphatic hydroxyl groups is 1. The lowest BCUT2D eigenvalue weighted by molar-refractivity contribution is -0.116. The molecule has 2 aromatic heterocycles. The molecule has 1 aliphatic heterocycles. The molecule has 0 radical (unpaired) electrons. The standard InChI is InChI=1S/C38H47N3O3/c1-38(2,3)32-12-13-34-30(20-32)18-29-19-31(21-35(29)40-34)36(43)22-27(15-17-41-16-5-4-6-33(41)24-42)25-7-9-26(10-8-25)28-11-14-37(44)39-23-28/h7-11,14,18-19,23,27,32-33,42H,4-6,12-13,15-17,20-22,24H2,1-3H3,(H,39,44)/t27-,32-,33?/m0/s1. The molecule has 3 aromatic rings. The van der Waals surface area contributed by atoms with Gasteiger partial charge < -0.3 is 10.1 Å². The molecule has 2 N–H and O–H groups in total. The van der Waals surface area contributed by atoms with Crippen LogP contribution in [0.15, 0.2) is 59.0 Å². The Balaban J connectivity index is 1.20. The van der Waals surface area contributed by atoms with Crippen LogP contribution >= 0.6 is 0 Å². The van der Waals surface area contributed by atoms with Gasteiger partial charge in [0.25, 0.3) is 0 Å². The molecule has 3 aliphatic rings. The number of carbonyl (C=O) groups excluding carboxylic acids is 1. The van der Waals surface area contributed by atoms with Gasteiger partial charge in [0.15, 0.2) is 5.78 Å². The Labute approximate surface area is 261 Å². The number of piperidine rings is 1. The Kier molecular flexibility index (Phi) is 9.02. The fourth-order valence-corrected chi connectivity index (χ4v) is 7.49. The summed E-state index contributed by atoms with van der Waals surface area (Å²) in [5.74, 6) is 0.940. The van der Waals surface area contributed by atoms with E-state index in [1.54, 1.807) is 12.3 Å². The topological polar surface area (TPSA) is 86.3 Å². The largest absolute Gasteiger partial charge is 0.395 e. The number of ketones is 1. The molecule has 0 amide bonds. The first-order valence-electron chi connectivity index (χ1n) is 16.6. The molecule has 6 heteroatoms. The van der Waals surface area contributed by atoms with E-state index < -0.39 is 0 Å². The Morgan fingerprint density at radius 3 is 2.59 bits per heavy atom. The molecular weight excluding hydrogens is 546 g/mol. The zero-order valence-electron chi connectivity index (χ0n) is 26.6. The highest BCUT2D eigenvalue weighted by molar-refractivity contribution is 6.02. The molecule has 1 unspecified atom stereocenters. The second kappa shape index (κ2) is 12.9. The number of benzene rings is 1. The number of aryl methyl sites for hydroxylation is 1. The monoisotopic (exact) mass is 593 g/mol. The van der Waals surface area contributed by atoms with Crippen molar-refractivity contribution >= 4 is 11.9 Å². The van der Waals surface area contributed by atoms with Crippen molar-refractivity contribution < 1.29 is 9.90 Å². The number of pyridine rings is 2. The first-order valence-corrected chi connectivity index (χ1v) is 16.6. The van der Waals surface area contributed by atoms with Crippen LogP contribution in [0, 0.1) is 11.3 Å². The maximum absolute atomic E-state index is 13.9. The SMILES string of the molecule is CC(C)(C)[C@H]1CCc2nc3c(cc2C1)C=C(C(=O)C[C@H](CCN1CCCCC1CO)c1ccc(-c2ccc(=O)[nH]c2)cc1)C3. The van der Waals surface area contributed by atoms with Gasteiger partial charge in [0, 0.05) is 42.4 Å². The zero-order valence-corrected chi connectivity index (χ0v) is 26.6. The summed E-state index contributed by atoms with van der Waals surface area (Å²) in [5, 5.41) is 9.98. The molecule has 0 spiro atoms. The normalized spacial score (nSPS) is 21.0. The molecule has 1 fully saturated rings. The summed E-state index contributed by atoms with van der Waals surface area (Å²) in [7, 11) is 0. The quantitative estimate of drug-likeness (QED) is 0.296. The molecule has 1 aromatic carbocycles. The van der Waals surface area contributed by atoms with Gasteiger partial charge in [-0.15, -0.1) is 0 Å². The zero-order chi connectivity index (χ0) is 30.8. The number of allylic oxidation sites excluding steroid dienone is 1. The molecule has 3 heterocycles. The maximum atomic E-state index is 13.9. The maximum Gasteiger partial charge on any atom is 0.247 e. The van der Waals surface area contributed by atoms with Gasteiger partial charge in [-0.1, -0.05) is 51.5 Å². The number of H-pyrrole nitrogens is 1. The Hall–Kier alpha value is -3.35. The number of Topliss-reactive ketones (excluding diaryl/α,β-unsaturated/α-hetero) is 1. The van der Waals surface area contributed by atoms with Crippen LogP contribution in [0.25, 0.3) is 17.2 Å². The van der Waals surface area contributed by atoms with Gasteiger partial charge in [-0.25, -0.2) is 0 Å². The van der Waals surface area contributed by atoms with E-state index in [4.69, 9.17) is 4.98 Å². The van der Waals surface area contributed by atoms with Gasteiger partial charge in [0.1, 0.15) is 0 Å². The van der Waals surface area contributed by atoms with Crippen molar-refractivity contribution in [3.8, 4) is 11.1 Å². The van der Waals surface area contributed by atoms with E-state index >= 15 is 0 Å². The first-order chi connectivity index (χ1) is 21.2. The third-order valence-electron chi connectivity index (χ3n) is 10.4. The molecule has 0 saturated carbocycles. The van der Waals surface area contributed by atoms with Crippen LogP contribution in [0.2, 0.25) is 0 Å². The number of nitrogens with one attached hydrogen (secondary N) is 1. The van der Waals surface area contributed by atoms with Crippen molar-refractivity contribution in [3.63, 3.8) is 0 Å². The highest BCUT2D eigenvalue weighted by Crippen LogP contribution is 2.39. The van der Waals surface area contributed by atoms with E-state index in [-0.39, 0.29) is 35.3 Å². The lowest BCUT2D eigenvalue weighted by Crippen LogP contribution is -2.42. The van der Waals surface area contributed by atoms with E-state index in [0.717, 1.165) is 78.7 Å². The van der Waals surface area contributed by atoms with E-state index in [0.29, 0.717) is 18.8 Å².